The molecule has 0 radical (unpaired) electrons. The first kappa shape index (κ1) is 33.7. The Morgan fingerprint density at radius 1 is 0.953 bits per heavy atom. The Kier molecular flexibility index (Phi) is 13.6. The molecule has 1 aliphatic rings. The quantitative estimate of drug-likeness (QED) is 0.169. The van der Waals surface area contributed by atoms with Gasteiger partial charge in [-0.2, -0.15) is 0 Å². The number of ether oxygens (including phenoxy) is 2. The van der Waals surface area contributed by atoms with E-state index in [0.717, 1.165) is 18.4 Å². The van der Waals surface area contributed by atoms with Crippen LogP contribution in [-0.2, 0) is 30.3 Å². The second-order valence-corrected chi connectivity index (χ2v) is 11.4. The van der Waals surface area contributed by atoms with Crippen LogP contribution < -0.4 is 10.6 Å². The summed E-state index contributed by atoms with van der Waals surface area (Å²) in [5.74, 6) is -2.23. The number of carbonyl (C=O) groups is 3. The third kappa shape index (κ3) is 10.2. The van der Waals surface area contributed by atoms with Crippen LogP contribution >= 0.6 is 0 Å². The third-order valence-electron chi connectivity index (χ3n) is 8.04. The van der Waals surface area contributed by atoms with Crippen LogP contribution in [-0.4, -0.2) is 54.8 Å². The van der Waals surface area contributed by atoms with E-state index in [-0.39, 0.29) is 37.9 Å². The van der Waals surface area contributed by atoms with E-state index in [4.69, 9.17) is 9.47 Å². The molecule has 0 aromatic heterocycles. The van der Waals surface area contributed by atoms with Gasteiger partial charge in [0.2, 0.25) is 11.8 Å². The minimum atomic E-state index is -0.838. The van der Waals surface area contributed by atoms with Crippen molar-refractivity contribution < 1.29 is 29.0 Å². The Morgan fingerprint density at radius 2 is 1.56 bits per heavy atom. The molecule has 2 aromatic carbocycles. The van der Waals surface area contributed by atoms with Gasteiger partial charge in [-0.1, -0.05) is 85.7 Å². The topological polar surface area (TPSA) is 114 Å². The van der Waals surface area contributed by atoms with Crippen molar-refractivity contribution in [1.82, 2.24) is 10.6 Å². The van der Waals surface area contributed by atoms with Gasteiger partial charge in [0.1, 0.15) is 6.10 Å². The Morgan fingerprint density at radius 3 is 2.14 bits per heavy atom. The predicted molar refractivity (Wildman–Crippen MR) is 167 cm³/mol. The highest BCUT2D eigenvalue weighted by atomic mass is 16.5. The molecule has 0 aliphatic heterocycles. The van der Waals surface area contributed by atoms with Crippen molar-refractivity contribution in [2.75, 3.05) is 20.3 Å². The lowest BCUT2D eigenvalue weighted by molar-refractivity contribution is -0.158. The highest BCUT2D eigenvalue weighted by Gasteiger charge is 2.37. The molecule has 8 heteroatoms. The van der Waals surface area contributed by atoms with Gasteiger partial charge in [-0.15, -0.1) is 13.2 Å². The molecule has 0 heterocycles. The average Bonchev–Trinajstić information content (AvgIpc) is 3.48. The van der Waals surface area contributed by atoms with Crippen molar-refractivity contribution in [2.45, 2.75) is 69.1 Å². The Bertz CT molecular complexity index is 1180. The number of aliphatic hydroxyl groups is 1. The molecule has 0 unspecified atom stereocenters. The SMILES string of the molecule is C=CC[C@@H](CC(=O)NC1(CO)CCCC1)C(=O)N[C@@H](COC)[C@@H](OC(=O)[C@H](CC=C)Cc1ccccc1)c1ccccc1. The molecule has 1 saturated carbocycles. The van der Waals surface area contributed by atoms with E-state index in [2.05, 4.69) is 23.8 Å². The summed E-state index contributed by atoms with van der Waals surface area (Å²) in [6, 6.07) is 18.2. The highest BCUT2D eigenvalue weighted by molar-refractivity contribution is 5.86. The van der Waals surface area contributed by atoms with Crippen LogP contribution in [0.2, 0.25) is 0 Å². The van der Waals surface area contributed by atoms with Gasteiger partial charge in [0, 0.05) is 13.5 Å². The first-order chi connectivity index (χ1) is 20.8. The molecule has 2 aromatic rings. The molecule has 2 amide bonds. The molecule has 1 fully saturated rings. The third-order valence-corrected chi connectivity index (χ3v) is 8.04. The minimum Gasteiger partial charge on any atom is -0.455 e. The summed E-state index contributed by atoms with van der Waals surface area (Å²) in [5.41, 5.74) is 1.09. The lowest BCUT2D eigenvalue weighted by Gasteiger charge is -2.31. The van der Waals surface area contributed by atoms with E-state index in [1.54, 1.807) is 12.2 Å². The van der Waals surface area contributed by atoms with E-state index in [9.17, 15) is 19.5 Å². The summed E-state index contributed by atoms with van der Waals surface area (Å²) in [6.07, 6.45) is 6.92. The zero-order valence-electron chi connectivity index (χ0n) is 25.2. The number of allylic oxidation sites excluding steroid dienone is 2. The molecule has 1 aliphatic carbocycles. The van der Waals surface area contributed by atoms with Gasteiger partial charge >= 0.3 is 5.97 Å². The monoisotopic (exact) mass is 590 g/mol. The molecule has 0 spiro atoms. The Labute approximate surface area is 255 Å². The smallest absolute Gasteiger partial charge is 0.310 e. The second-order valence-electron chi connectivity index (χ2n) is 11.4. The lowest BCUT2D eigenvalue weighted by atomic mass is 9.94. The molecular formula is C35H46N2O6. The summed E-state index contributed by atoms with van der Waals surface area (Å²) >= 11 is 0. The van der Waals surface area contributed by atoms with E-state index in [1.165, 1.54) is 7.11 Å². The van der Waals surface area contributed by atoms with Crippen LogP contribution in [0.25, 0.3) is 0 Å². The van der Waals surface area contributed by atoms with E-state index in [1.807, 2.05) is 60.7 Å². The minimum absolute atomic E-state index is 0.0619. The maximum Gasteiger partial charge on any atom is 0.310 e. The van der Waals surface area contributed by atoms with E-state index < -0.39 is 35.5 Å². The molecule has 232 valence electrons. The van der Waals surface area contributed by atoms with Crippen molar-refractivity contribution in [3.8, 4) is 0 Å². The van der Waals surface area contributed by atoms with Crippen molar-refractivity contribution >= 4 is 17.8 Å². The number of benzene rings is 2. The number of esters is 1. The fraction of sp³-hybridized carbons (Fsp3) is 0.457. The Hall–Kier alpha value is -3.75. The van der Waals surface area contributed by atoms with Gasteiger partial charge in [0.15, 0.2) is 0 Å². The first-order valence-corrected chi connectivity index (χ1v) is 15.1. The first-order valence-electron chi connectivity index (χ1n) is 15.1. The standard InChI is InChI=1S/C35H46N2O6/c1-4-14-28(23-31(39)37-35(25-38)20-12-13-21-35)33(40)36-30(24-42-3)32(27-18-10-7-11-19-27)43-34(41)29(15-5-2)22-26-16-8-6-9-17-26/h4-11,16-19,28-30,32,38H,1-2,12-15,20-25H2,3H3,(H,36,40)(H,37,39)/t28-,29+,30-,32-/m0/s1. The fourth-order valence-corrected chi connectivity index (χ4v) is 5.72. The summed E-state index contributed by atoms with van der Waals surface area (Å²) in [6.45, 7) is 7.55. The molecule has 43 heavy (non-hydrogen) atoms. The molecular weight excluding hydrogens is 544 g/mol. The van der Waals surface area contributed by atoms with Gasteiger partial charge < -0.3 is 25.2 Å². The average molecular weight is 591 g/mol. The summed E-state index contributed by atoms with van der Waals surface area (Å²) < 4.78 is 11.6. The highest BCUT2D eigenvalue weighted by Crippen LogP contribution is 2.30. The maximum absolute atomic E-state index is 13.6. The summed E-state index contributed by atoms with van der Waals surface area (Å²) in [5, 5.41) is 15.9. The maximum atomic E-state index is 13.6. The second kappa shape index (κ2) is 17.4. The van der Waals surface area contributed by atoms with Crippen LogP contribution in [0.1, 0.15) is 62.2 Å². The van der Waals surface area contributed by atoms with Gasteiger partial charge in [-0.05, 0) is 43.2 Å². The van der Waals surface area contributed by atoms with Crippen molar-refractivity contribution in [1.29, 1.82) is 0 Å². The van der Waals surface area contributed by atoms with Crippen LogP contribution in [0.15, 0.2) is 86.0 Å². The van der Waals surface area contributed by atoms with Crippen molar-refractivity contribution in [3.05, 3.63) is 97.1 Å². The number of methoxy groups -OCH3 is 1. The number of carbonyl (C=O) groups excluding carboxylic acids is 3. The zero-order valence-corrected chi connectivity index (χ0v) is 25.2. The number of amides is 2. The number of aliphatic hydroxyl groups excluding tert-OH is 1. The molecule has 0 bridgehead atoms. The van der Waals surface area contributed by atoms with Crippen LogP contribution in [0.4, 0.5) is 0 Å². The van der Waals surface area contributed by atoms with E-state index in [0.29, 0.717) is 31.2 Å². The number of nitrogens with one attached hydrogen (secondary N) is 2. The molecule has 3 N–H and O–H groups in total. The number of hydrogen-bond acceptors (Lipinski definition) is 6. The zero-order chi connectivity index (χ0) is 31.1. The Balaban J connectivity index is 1.80. The summed E-state index contributed by atoms with van der Waals surface area (Å²) in [4.78, 5) is 40.3. The van der Waals surface area contributed by atoms with Gasteiger partial charge in [-0.25, -0.2) is 0 Å². The number of hydrogen-bond donors (Lipinski definition) is 3. The summed E-state index contributed by atoms with van der Waals surface area (Å²) in [7, 11) is 1.52. The van der Waals surface area contributed by atoms with Crippen molar-refractivity contribution in [2.24, 2.45) is 11.8 Å². The van der Waals surface area contributed by atoms with E-state index >= 15 is 0 Å². The molecule has 4 atom stereocenters. The fourth-order valence-electron chi connectivity index (χ4n) is 5.72. The molecule has 0 saturated heterocycles. The predicted octanol–water partition coefficient (Wildman–Crippen LogP) is 4.84. The van der Waals surface area contributed by atoms with Gasteiger partial charge in [0.25, 0.3) is 0 Å². The number of rotatable bonds is 18. The molecule has 8 nitrogen and oxygen atoms in total. The normalized spacial score (nSPS) is 16.7. The lowest BCUT2D eigenvalue weighted by Crippen LogP contribution is -2.51. The van der Waals surface area contributed by atoms with Crippen LogP contribution in [0, 0.1) is 11.8 Å². The van der Waals surface area contributed by atoms with Gasteiger partial charge in [0.05, 0.1) is 36.6 Å². The van der Waals surface area contributed by atoms with Crippen LogP contribution in [0.5, 0.6) is 0 Å². The van der Waals surface area contributed by atoms with Gasteiger partial charge in [-0.3, -0.25) is 14.4 Å². The largest absolute Gasteiger partial charge is 0.455 e. The molecule has 3 rings (SSSR count). The van der Waals surface area contributed by atoms with Crippen molar-refractivity contribution in [3.63, 3.8) is 0 Å². The van der Waals surface area contributed by atoms with Crippen LogP contribution in [0.3, 0.4) is 0 Å².